The normalized spacial score (nSPS) is 19.6. The standard InChI is InChI=1S/C25H24FN7O4/c1-31-14-19(13-29-31)33-7-5-21(34)20(30-33)10-16-3-2-4-17(9-16)23-27-11-18(12-28-23)25(26)6-8-32(24(36)37)15-22(25)35/h2-5,7,9,11-14,22,35H,6,8,10,15H2,1H3,(H,36,37)/t22-,25+/m0/s1. The average molecular weight is 506 g/mol. The van der Waals surface area contributed by atoms with E-state index < -0.39 is 17.9 Å². The van der Waals surface area contributed by atoms with Gasteiger partial charge < -0.3 is 15.1 Å². The minimum Gasteiger partial charge on any atom is -0.465 e. The molecule has 0 aliphatic carbocycles. The number of nitrogens with zero attached hydrogens (tertiary/aromatic N) is 7. The molecular weight excluding hydrogens is 481 g/mol. The highest BCUT2D eigenvalue weighted by molar-refractivity contribution is 5.65. The number of piperidine rings is 1. The van der Waals surface area contributed by atoms with Crippen LogP contribution in [-0.2, 0) is 19.1 Å². The molecule has 5 rings (SSSR count). The van der Waals surface area contributed by atoms with E-state index in [1.807, 2.05) is 18.2 Å². The van der Waals surface area contributed by atoms with Crippen molar-refractivity contribution in [2.45, 2.75) is 24.6 Å². The van der Waals surface area contributed by atoms with Crippen molar-refractivity contribution in [3.8, 4) is 17.1 Å². The number of aliphatic hydroxyl groups is 1. The molecule has 12 heteroatoms. The molecule has 0 radical (unpaired) electrons. The van der Waals surface area contributed by atoms with Gasteiger partial charge in [-0.1, -0.05) is 18.2 Å². The topological polar surface area (TPSA) is 139 Å². The SMILES string of the molecule is Cn1cc(-n2ccc(=O)c(Cc3cccc(-c4ncc([C@]5(F)CCN(C(=O)O)C[C@@H]5O)cn4)c3)n2)cn1. The van der Waals surface area contributed by atoms with Crippen molar-refractivity contribution in [2.24, 2.45) is 7.05 Å². The van der Waals surface area contributed by atoms with E-state index in [0.29, 0.717) is 17.1 Å². The zero-order valence-electron chi connectivity index (χ0n) is 19.9. The number of carboxylic acid groups (broad SMARTS) is 1. The Morgan fingerprint density at radius 2 is 2.00 bits per heavy atom. The van der Waals surface area contributed by atoms with Crippen molar-refractivity contribution in [1.82, 2.24) is 34.4 Å². The molecule has 2 N–H and O–H groups in total. The van der Waals surface area contributed by atoms with Crippen molar-refractivity contribution in [3.63, 3.8) is 0 Å². The van der Waals surface area contributed by atoms with Crippen LogP contribution < -0.4 is 5.43 Å². The second-order valence-electron chi connectivity index (χ2n) is 8.97. The molecule has 4 aromatic rings. The molecule has 3 aromatic heterocycles. The highest BCUT2D eigenvalue weighted by Gasteiger charge is 2.46. The summed E-state index contributed by atoms with van der Waals surface area (Å²) in [6, 6.07) is 8.78. The second-order valence-corrected chi connectivity index (χ2v) is 8.97. The number of likely N-dealkylation sites (tertiary alicyclic amines) is 1. The summed E-state index contributed by atoms with van der Waals surface area (Å²) in [6.07, 6.45) is 5.04. The maximum Gasteiger partial charge on any atom is 0.407 e. The largest absolute Gasteiger partial charge is 0.465 e. The Bertz CT molecular complexity index is 1500. The first-order valence-electron chi connectivity index (χ1n) is 11.6. The van der Waals surface area contributed by atoms with Crippen molar-refractivity contribution < 1.29 is 19.4 Å². The van der Waals surface area contributed by atoms with E-state index in [1.165, 1.54) is 18.5 Å². The van der Waals surface area contributed by atoms with Crippen LogP contribution in [0.3, 0.4) is 0 Å². The fourth-order valence-corrected chi connectivity index (χ4v) is 4.36. The fourth-order valence-electron chi connectivity index (χ4n) is 4.36. The summed E-state index contributed by atoms with van der Waals surface area (Å²) in [7, 11) is 1.80. The predicted octanol–water partition coefficient (Wildman–Crippen LogP) is 1.92. The number of carbonyl (C=O) groups is 1. The third-order valence-corrected chi connectivity index (χ3v) is 6.46. The first-order valence-corrected chi connectivity index (χ1v) is 11.6. The summed E-state index contributed by atoms with van der Waals surface area (Å²) in [6.45, 7) is -0.367. The Hall–Kier alpha value is -4.45. The number of rotatable bonds is 5. The monoisotopic (exact) mass is 505 g/mol. The molecule has 37 heavy (non-hydrogen) atoms. The number of aryl methyl sites for hydroxylation is 1. The molecule has 2 atom stereocenters. The van der Waals surface area contributed by atoms with E-state index in [1.54, 1.807) is 41.1 Å². The third-order valence-electron chi connectivity index (χ3n) is 6.46. The average Bonchev–Trinajstić information content (AvgIpc) is 3.33. The lowest BCUT2D eigenvalue weighted by Gasteiger charge is -2.39. The van der Waals surface area contributed by atoms with Gasteiger partial charge in [-0.05, 0) is 11.6 Å². The van der Waals surface area contributed by atoms with Crippen LogP contribution in [0.1, 0.15) is 23.2 Å². The summed E-state index contributed by atoms with van der Waals surface area (Å²) in [5.74, 6) is 0.348. The highest BCUT2D eigenvalue weighted by atomic mass is 19.1. The summed E-state index contributed by atoms with van der Waals surface area (Å²) >= 11 is 0. The van der Waals surface area contributed by atoms with Gasteiger partial charge in [-0.25, -0.2) is 23.8 Å². The van der Waals surface area contributed by atoms with E-state index in [9.17, 15) is 14.7 Å². The Labute approximate surface area is 210 Å². The molecule has 0 spiro atoms. The van der Waals surface area contributed by atoms with E-state index in [4.69, 9.17) is 5.11 Å². The Balaban J connectivity index is 1.36. The van der Waals surface area contributed by atoms with Gasteiger partial charge in [0.15, 0.2) is 11.5 Å². The second kappa shape index (κ2) is 9.54. The van der Waals surface area contributed by atoms with Crippen LogP contribution in [0.4, 0.5) is 9.18 Å². The van der Waals surface area contributed by atoms with Crippen molar-refractivity contribution in [3.05, 3.63) is 88.4 Å². The molecule has 190 valence electrons. The summed E-state index contributed by atoms with van der Waals surface area (Å²) < 4.78 is 18.8. The molecule has 1 aliphatic rings. The molecule has 11 nitrogen and oxygen atoms in total. The van der Waals surface area contributed by atoms with Crippen LogP contribution in [0.2, 0.25) is 0 Å². The first-order chi connectivity index (χ1) is 17.7. The lowest BCUT2D eigenvalue weighted by atomic mass is 9.85. The molecule has 1 fully saturated rings. The van der Waals surface area contributed by atoms with Gasteiger partial charge in [0.1, 0.15) is 17.5 Å². The Morgan fingerprint density at radius 1 is 1.22 bits per heavy atom. The van der Waals surface area contributed by atoms with E-state index in [0.717, 1.165) is 16.2 Å². The fraction of sp³-hybridized carbons (Fsp3) is 0.280. The molecule has 0 saturated carbocycles. The number of hydrogen-bond acceptors (Lipinski definition) is 7. The highest BCUT2D eigenvalue weighted by Crippen LogP contribution is 2.37. The molecule has 1 amide bonds. The van der Waals surface area contributed by atoms with Gasteiger partial charge in [-0.3, -0.25) is 9.48 Å². The van der Waals surface area contributed by atoms with Crippen LogP contribution in [0.25, 0.3) is 17.1 Å². The van der Waals surface area contributed by atoms with Gasteiger partial charge in [0, 0.05) is 62.2 Å². The molecule has 0 bridgehead atoms. The number of aliphatic hydroxyl groups excluding tert-OH is 1. The summed E-state index contributed by atoms with van der Waals surface area (Å²) in [5.41, 5.74) is 0.343. The predicted molar refractivity (Wildman–Crippen MR) is 130 cm³/mol. The number of alkyl halides is 1. The molecular formula is C25H24FN7O4. The van der Waals surface area contributed by atoms with Crippen LogP contribution in [0, 0.1) is 0 Å². The van der Waals surface area contributed by atoms with Crippen LogP contribution >= 0.6 is 0 Å². The summed E-state index contributed by atoms with van der Waals surface area (Å²) in [4.78, 5) is 33.2. The molecule has 1 aliphatic heterocycles. The van der Waals surface area contributed by atoms with Crippen molar-refractivity contribution in [2.75, 3.05) is 13.1 Å². The minimum absolute atomic E-state index is 0.0390. The van der Waals surface area contributed by atoms with Gasteiger partial charge in [-0.2, -0.15) is 10.2 Å². The van der Waals surface area contributed by atoms with Crippen molar-refractivity contribution >= 4 is 6.09 Å². The number of hydrogen-bond donors (Lipinski definition) is 2. The molecule has 0 unspecified atom stereocenters. The minimum atomic E-state index is -2.14. The number of amides is 1. The van der Waals surface area contributed by atoms with Gasteiger partial charge in [-0.15, -0.1) is 0 Å². The smallest absolute Gasteiger partial charge is 0.407 e. The number of halogens is 1. The van der Waals surface area contributed by atoms with Crippen LogP contribution in [0.5, 0.6) is 0 Å². The zero-order chi connectivity index (χ0) is 26.2. The van der Waals surface area contributed by atoms with Gasteiger partial charge in [0.2, 0.25) is 5.43 Å². The Morgan fingerprint density at radius 3 is 2.68 bits per heavy atom. The van der Waals surface area contributed by atoms with Gasteiger partial charge in [0.05, 0.1) is 18.9 Å². The number of β-amino-alcohol motifs (C(OH)–C–C–N with tert-alkyl or cyclic N) is 1. The maximum atomic E-state index is 15.6. The lowest BCUT2D eigenvalue weighted by Crippen LogP contribution is -2.52. The zero-order valence-corrected chi connectivity index (χ0v) is 19.9. The Kier molecular flexibility index (Phi) is 6.25. The molecule has 4 heterocycles. The van der Waals surface area contributed by atoms with Crippen LogP contribution in [-0.4, -0.2) is 69.9 Å². The lowest BCUT2D eigenvalue weighted by molar-refractivity contribution is -0.0658. The maximum absolute atomic E-state index is 15.6. The van der Waals surface area contributed by atoms with Gasteiger partial charge >= 0.3 is 6.09 Å². The molecule has 1 saturated heterocycles. The van der Waals surface area contributed by atoms with E-state index in [-0.39, 0.29) is 36.9 Å². The van der Waals surface area contributed by atoms with E-state index in [2.05, 4.69) is 20.2 Å². The van der Waals surface area contributed by atoms with Crippen molar-refractivity contribution in [1.29, 1.82) is 0 Å². The number of aromatic nitrogens is 6. The van der Waals surface area contributed by atoms with Gasteiger partial charge in [0.25, 0.3) is 0 Å². The summed E-state index contributed by atoms with van der Waals surface area (Å²) in [5, 5.41) is 28.0. The first kappa shape index (κ1) is 24.3. The van der Waals surface area contributed by atoms with E-state index >= 15 is 4.39 Å². The third kappa shape index (κ3) is 4.83. The quantitative estimate of drug-likeness (QED) is 0.419. The van der Waals surface area contributed by atoms with Crippen LogP contribution in [0.15, 0.2) is 66.1 Å². The molecule has 1 aromatic carbocycles. The number of benzene rings is 1.